The molecule has 0 bridgehead atoms. The quantitative estimate of drug-likeness (QED) is 0.512. The van der Waals surface area contributed by atoms with Gasteiger partial charge in [-0.15, -0.1) is 11.3 Å². The first kappa shape index (κ1) is 22.4. The lowest BCUT2D eigenvalue weighted by Gasteiger charge is -2.40. The van der Waals surface area contributed by atoms with Gasteiger partial charge >= 0.3 is 0 Å². The van der Waals surface area contributed by atoms with E-state index in [1.54, 1.807) is 0 Å². The van der Waals surface area contributed by atoms with E-state index in [4.69, 9.17) is 9.97 Å². The van der Waals surface area contributed by atoms with Gasteiger partial charge in [0.25, 0.3) is 0 Å². The lowest BCUT2D eigenvalue weighted by Crippen LogP contribution is -2.47. The maximum absolute atomic E-state index is 5.27. The van der Waals surface area contributed by atoms with Crippen molar-refractivity contribution in [1.82, 2.24) is 19.8 Å². The summed E-state index contributed by atoms with van der Waals surface area (Å²) < 4.78 is 0. The van der Waals surface area contributed by atoms with Crippen LogP contribution in [0.1, 0.15) is 60.9 Å². The van der Waals surface area contributed by atoms with E-state index in [9.17, 15) is 0 Å². The second-order valence-electron chi connectivity index (χ2n) is 10.2. The summed E-state index contributed by atoms with van der Waals surface area (Å²) in [6.07, 6.45) is 8.62. The number of anilines is 1. The van der Waals surface area contributed by atoms with E-state index in [0.29, 0.717) is 0 Å². The SMILES string of the molecule is CCN1CCc2c(sc3nc(Cc4ccccc4)nc(N4CCC(N5CCCCC5)CC4)c23)C1. The van der Waals surface area contributed by atoms with Gasteiger partial charge in [0.1, 0.15) is 16.5 Å². The molecule has 0 radical (unpaired) electrons. The second kappa shape index (κ2) is 9.92. The van der Waals surface area contributed by atoms with E-state index >= 15 is 0 Å². The Morgan fingerprint density at radius 1 is 0.941 bits per heavy atom. The molecule has 180 valence electrons. The zero-order valence-corrected chi connectivity index (χ0v) is 21.3. The first-order valence-electron chi connectivity index (χ1n) is 13.3. The maximum atomic E-state index is 5.27. The molecule has 3 aliphatic rings. The minimum absolute atomic E-state index is 0.757. The number of fused-ring (bicyclic) bond motifs is 3. The molecule has 34 heavy (non-hydrogen) atoms. The highest BCUT2D eigenvalue weighted by Gasteiger charge is 2.30. The molecule has 3 aliphatic heterocycles. The molecule has 0 spiro atoms. The van der Waals surface area contributed by atoms with Crippen LogP contribution in [0.4, 0.5) is 5.82 Å². The number of aromatic nitrogens is 2. The van der Waals surface area contributed by atoms with E-state index in [-0.39, 0.29) is 0 Å². The molecule has 0 amide bonds. The summed E-state index contributed by atoms with van der Waals surface area (Å²) in [5, 5.41) is 1.36. The van der Waals surface area contributed by atoms with Gasteiger partial charge in [0.2, 0.25) is 0 Å². The van der Waals surface area contributed by atoms with Crippen molar-refractivity contribution in [2.75, 3.05) is 44.2 Å². The van der Waals surface area contributed by atoms with Crippen LogP contribution >= 0.6 is 11.3 Å². The molecule has 2 aromatic heterocycles. The van der Waals surface area contributed by atoms with Crippen LogP contribution in [-0.4, -0.2) is 65.1 Å². The van der Waals surface area contributed by atoms with Crippen molar-refractivity contribution >= 4 is 27.4 Å². The molecule has 6 heteroatoms. The molecule has 6 rings (SSSR count). The van der Waals surface area contributed by atoms with Crippen LogP contribution in [0.25, 0.3) is 10.2 Å². The van der Waals surface area contributed by atoms with Gasteiger partial charge in [-0.1, -0.05) is 43.7 Å². The van der Waals surface area contributed by atoms with Crippen LogP contribution in [0.3, 0.4) is 0 Å². The predicted molar refractivity (Wildman–Crippen MR) is 142 cm³/mol. The molecular formula is C28H37N5S. The monoisotopic (exact) mass is 475 g/mol. The number of benzene rings is 1. The number of hydrogen-bond acceptors (Lipinski definition) is 6. The van der Waals surface area contributed by atoms with E-state index in [2.05, 4.69) is 52.0 Å². The number of likely N-dealkylation sites (N-methyl/N-ethyl adjacent to an activating group) is 1. The molecule has 5 heterocycles. The molecular weight excluding hydrogens is 438 g/mol. The lowest BCUT2D eigenvalue weighted by molar-refractivity contribution is 0.141. The highest BCUT2D eigenvalue weighted by Crippen LogP contribution is 2.40. The normalized spacial score (nSPS) is 20.7. The summed E-state index contributed by atoms with van der Waals surface area (Å²) in [6.45, 7) is 10.4. The minimum atomic E-state index is 0.757. The van der Waals surface area contributed by atoms with Gasteiger partial charge in [-0.3, -0.25) is 4.90 Å². The smallest absolute Gasteiger partial charge is 0.141 e. The second-order valence-corrected chi connectivity index (χ2v) is 11.3. The number of thiophene rings is 1. The third-order valence-electron chi connectivity index (χ3n) is 8.13. The van der Waals surface area contributed by atoms with Crippen molar-refractivity contribution in [3.05, 3.63) is 52.2 Å². The van der Waals surface area contributed by atoms with Crippen molar-refractivity contribution in [3.8, 4) is 0 Å². The van der Waals surface area contributed by atoms with Crippen molar-refractivity contribution in [3.63, 3.8) is 0 Å². The van der Waals surface area contributed by atoms with E-state index in [1.165, 1.54) is 77.2 Å². The average molecular weight is 476 g/mol. The number of likely N-dealkylation sites (tertiary alicyclic amines) is 1. The molecule has 0 atom stereocenters. The van der Waals surface area contributed by atoms with Crippen molar-refractivity contribution in [2.24, 2.45) is 0 Å². The molecule has 0 N–H and O–H groups in total. The van der Waals surface area contributed by atoms with Crippen molar-refractivity contribution in [1.29, 1.82) is 0 Å². The standard InChI is InChI=1S/C28H37N5S/c1-2-31-16-13-23-24(20-31)34-28-26(23)27(29-25(30-28)19-21-9-5-3-6-10-21)33-17-11-22(12-18-33)32-14-7-4-8-15-32/h3,5-6,9-10,22H,2,4,7-8,11-20H2,1H3. The molecule has 3 aromatic rings. The summed E-state index contributed by atoms with van der Waals surface area (Å²) in [5.41, 5.74) is 2.82. The van der Waals surface area contributed by atoms with Gasteiger partial charge in [-0.25, -0.2) is 9.97 Å². The van der Waals surface area contributed by atoms with Gasteiger partial charge in [0, 0.05) is 43.5 Å². The summed E-state index contributed by atoms with van der Waals surface area (Å²) in [7, 11) is 0. The fourth-order valence-electron chi connectivity index (χ4n) is 6.15. The molecule has 0 unspecified atom stereocenters. The Balaban J connectivity index is 1.32. The largest absolute Gasteiger partial charge is 0.356 e. The maximum Gasteiger partial charge on any atom is 0.141 e. The summed E-state index contributed by atoms with van der Waals surface area (Å²) >= 11 is 1.92. The third kappa shape index (κ3) is 4.48. The number of piperidine rings is 2. The van der Waals surface area contributed by atoms with Gasteiger partial charge in [-0.2, -0.15) is 0 Å². The van der Waals surface area contributed by atoms with Crippen molar-refractivity contribution < 1.29 is 0 Å². The first-order chi connectivity index (χ1) is 16.8. The number of hydrogen-bond donors (Lipinski definition) is 0. The van der Waals surface area contributed by atoms with Crippen LogP contribution in [0.2, 0.25) is 0 Å². The Hall–Kier alpha value is -2.02. The molecule has 0 saturated carbocycles. The third-order valence-corrected chi connectivity index (χ3v) is 9.24. The lowest BCUT2D eigenvalue weighted by atomic mass is 9.99. The fraction of sp³-hybridized carbons (Fsp3) is 0.571. The Kier molecular flexibility index (Phi) is 6.55. The Bertz CT molecular complexity index is 1110. The summed E-state index contributed by atoms with van der Waals surface area (Å²) in [6, 6.07) is 11.4. The highest BCUT2D eigenvalue weighted by atomic mass is 32.1. The van der Waals surface area contributed by atoms with E-state index in [1.807, 2.05) is 11.3 Å². The predicted octanol–water partition coefficient (Wildman–Crippen LogP) is 5.11. The molecule has 2 fully saturated rings. The van der Waals surface area contributed by atoms with Crippen molar-refractivity contribution in [2.45, 2.75) is 64.5 Å². The average Bonchev–Trinajstić information content (AvgIpc) is 3.27. The summed E-state index contributed by atoms with van der Waals surface area (Å²) in [4.78, 5) is 21.0. The van der Waals surface area contributed by atoms with Crippen LogP contribution in [0.15, 0.2) is 30.3 Å². The minimum Gasteiger partial charge on any atom is -0.356 e. The topological polar surface area (TPSA) is 35.5 Å². The van der Waals surface area contributed by atoms with Crippen LogP contribution in [-0.2, 0) is 19.4 Å². The first-order valence-corrected chi connectivity index (χ1v) is 14.2. The van der Waals surface area contributed by atoms with Gasteiger partial charge in [-0.05, 0) is 62.9 Å². The Morgan fingerprint density at radius 2 is 1.74 bits per heavy atom. The molecule has 5 nitrogen and oxygen atoms in total. The van der Waals surface area contributed by atoms with E-state index in [0.717, 1.165) is 57.4 Å². The van der Waals surface area contributed by atoms with Crippen LogP contribution in [0.5, 0.6) is 0 Å². The number of nitrogens with zero attached hydrogens (tertiary/aromatic N) is 5. The number of rotatable bonds is 5. The molecule has 2 saturated heterocycles. The van der Waals surface area contributed by atoms with Crippen LogP contribution < -0.4 is 4.90 Å². The molecule has 0 aliphatic carbocycles. The van der Waals surface area contributed by atoms with Crippen LogP contribution in [0, 0.1) is 0 Å². The zero-order chi connectivity index (χ0) is 22.9. The molecule has 1 aromatic carbocycles. The zero-order valence-electron chi connectivity index (χ0n) is 20.5. The van der Waals surface area contributed by atoms with Gasteiger partial charge in [0.05, 0.1) is 5.39 Å². The van der Waals surface area contributed by atoms with Gasteiger partial charge in [0.15, 0.2) is 0 Å². The Labute approximate surface area is 207 Å². The summed E-state index contributed by atoms with van der Waals surface area (Å²) in [5.74, 6) is 2.19. The fourth-order valence-corrected chi connectivity index (χ4v) is 7.43. The van der Waals surface area contributed by atoms with Gasteiger partial charge < -0.3 is 9.80 Å². The highest BCUT2D eigenvalue weighted by molar-refractivity contribution is 7.19. The Morgan fingerprint density at radius 3 is 2.50 bits per heavy atom. The van der Waals surface area contributed by atoms with E-state index < -0.39 is 0 Å².